The fourth-order valence-electron chi connectivity index (χ4n) is 2.10. The molecule has 0 unspecified atom stereocenters. The average Bonchev–Trinajstić information content (AvgIpc) is 2.88. The van der Waals surface area contributed by atoms with E-state index in [0.717, 1.165) is 24.2 Å². The summed E-state index contributed by atoms with van der Waals surface area (Å²) in [6.45, 7) is 5.00. The zero-order valence-electron chi connectivity index (χ0n) is 11.4. The number of hydrogen-bond donors (Lipinski definition) is 1. The van der Waals surface area contributed by atoms with Crippen LogP contribution in [-0.2, 0) is 6.54 Å². The fraction of sp³-hybridized carbons (Fsp3) is 0.400. The van der Waals surface area contributed by atoms with E-state index in [0.29, 0.717) is 12.6 Å². The third-order valence-electron chi connectivity index (χ3n) is 3.30. The van der Waals surface area contributed by atoms with Gasteiger partial charge in [-0.2, -0.15) is 5.10 Å². The molecule has 0 amide bonds. The summed E-state index contributed by atoms with van der Waals surface area (Å²) in [5.41, 5.74) is 1.90. The Hall–Kier alpha value is -1.84. The Bertz CT molecular complexity index is 500. The van der Waals surface area contributed by atoms with Crippen molar-refractivity contribution in [1.82, 2.24) is 9.78 Å². The van der Waals surface area contributed by atoms with E-state index >= 15 is 0 Å². The molecule has 0 spiro atoms. The maximum atomic E-state index is 12.8. The van der Waals surface area contributed by atoms with E-state index in [9.17, 15) is 4.39 Å². The molecule has 2 aromatic rings. The van der Waals surface area contributed by atoms with Crippen LogP contribution in [0.3, 0.4) is 0 Å². The molecule has 1 aromatic heterocycles. The summed E-state index contributed by atoms with van der Waals surface area (Å²) in [6.07, 6.45) is 4.20. The highest BCUT2D eigenvalue weighted by molar-refractivity contribution is 5.42. The van der Waals surface area contributed by atoms with Crippen LogP contribution in [0.15, 0.2) is 36.5 Å². The Morgan fingerprint density at radius 1 is 1.16 bits per heavy atom. The Balaban J connectivity index is 1.95. The summed E-state index contributed by atoms with van der Waals surface area (Å²) in [7, 11) is 0. The number of benzene rings is 1. The van der Waals surface area contributed by atoms with Crippen LogP contribution in [0.5, 0.6) is 0 Å². The van der Waals surface area contributed by atoms with Gasteiger partial charge in [0.2, 0.25) is 0 Å². The summed E-state index contributed by atoms with van der Waals surface area (Å²) in [4.78, 5) is 0. The van der Waals surface area contributed by atoms with E-state index in [2.05, 4.69) is 24.3 Å². The Labute approximate surface area is 113 Å². The molecule has 0 bridgehead atoms. The summed E-state index contributed by atoms with van der Waals surface area (Å²) in [5, 5.41) is 7.80. The minimum Gasteiger partial charge on any atom is -0.379 e. The number of aromatic nitrogens is 2. The minimum atomic E-state index is -0.219. The third kappa shape index (κ3) is 3.56. The van der Waals surface area contributed by atoms with Gasteiger partial charge in [0.15, 0.2) is 0 Å². The zero-order chi connectivity index (χ0) is 13.7. The van der Waals surface area contributed by atoms with E-state index in [4.69, 9.17) is 0 Å². The van der Waals surface area contributed by atoms with Gasteiger partial charge < -0.3 is 5.32 Å². The first-order chi connectivity index (χ1) is 9.22. The molecule has 2 rings (SSSR count). The van der Waals surface area contributed by atoms with Gasteiger partial charge in [-0.1, -0.05) is 13.8 Å². The SMILES string of the molecule is CCC(CC)n1ccc(CNc2ccc(F)cc2)n1. The van der Waals surface area contributed by atoms with E-state index < -0.39 is 0 Å². The third-order valence-corrected chi connectivity index (χ3v) is 3.30. The molecule has 0 fully saturated rings. The molecule has 19 heavy (non-hydrogen) atoms. The van der Waals surface area contributed by atoms with E-state index in [1.54, 1.807) is 12.1 Å². The van der Waals surface area contributed by atoms with Crippen LogP contribution in [0.1, 0.15) is 38.4 Å². The van der Waals surface area contributed by atoms with Gasteiger partial charge in [-0.25, -0.2) is 4.39 Å². The molecule has 1 aromatic carbocycles. The van der Waals surface area contributed by atoms with Crippen LogP contribution in [0.2, 0.25) is 0 Å². The van der Waals surface area contributed by atoms with Gasteiger partial charge in [-0.3, -0.25) is 4.68 Å². The van der Waals surface area contributed by atoms with Gasteiger partial charge in [-0.05, 0) is 43.2 Å². The highest BCUT2D eigenvalue weighted by Crippen LogP contribution is 2.15. The van der Waals surface area contributed by atoms with Gasteiger partial charge in [-0.15, -0.1) is 0 Å². The van der Waals surface area contributed by atoms with E-state index in [1.165, 1.54) is 12.1 Å². The number of nitrogens with zero attached hydrogens (tertiary/aromatic N) is 2. The molecule has 0 aliphatic rings. The molecule has 0 aliphatic heterocycles. The molecule has 102 valence electrons. The predicted octanol–water partition coefficient (Wildman–Crippen LogP) is 4.00. The first-order valence-electron chi connectivity index (χ1n) is 6.76. The number of halogens is 1. The molecule has 0 saturated carbocycles. The van der Waals surface area contributed by atoms with Crippen molar-refractivity contribution in [2.75, 3.05) is 5.32 Å². The monoisotopic (exact) mass is 261 g/mol. The lowest BCUT2D eigenvalue weighted by molar-refractivity contribution is 0.426. The lowest BCUT2D eigenvalue weighted by atomic mass is 10.2. The maximum Gasteiger partial charge on any atom is 0.123 e. The van der Waals surface area contributed by atoms with Crippen LogP contribution in [0, 0.1) is 5.82 Å². The fourth-order valence-corrected chi connectivity index (χ4v) is 2.10. The topological polar surface area (TPSA) is 29.9 Å². The highest BCUT2D eigenvalue weighted by atomic mass is 19.1. The van der Waals surface area contributed by atoms with Crippen molar-refractivity contribution in [3.8, 4) is 0 Å². The molecule has 1 N–H and O–H groups in total. The highest BCUT2D eigenvalue weighted by Gasteiger charge is 2.07. The first-order valence-corrected chi connectivity index (χ1v) is 6.76. The van der Waals surface area contributed by atoms with Crippen molar-refractivity contribution in [3.63, 3.8) is 0 Å². The van der Waals surface area contributed by atoms with Crippen molar-refractivity contribution in [1.29, 1.82) is 0 Å². The molecule has 0 saturated heterocycles. The maximum absolute atomic E-state index is 12.8. The molecule has 0 atom stereocenters. The quantitative estimate of drug-likeness (QED) is 0.852. The minimum absolute atomic E-state index is 0.219. The molecule has 4 heteroatoms. The van der Waals surface area contributed by atoms with Gasteiger partial charge in [0.25, 0.3) is 0 Å². The largest absolute Gasteiger partial charge is 0.379 e. The summed E-state index contributed by atoms with van der Waals surface area (Å²) in [5.74, 6) is -0.219. The smallest absolute Gasteiger partial charge is 0.123 e. The Morgan fingerprint density at radius 2 is 1.84 bits per heavy atom. The van der Waals surface area contributed by atoms with E-state index in [1.807, 2.05) is 16.9 Å². The van der Waals surface area contributed by atoms with Gasteiger partial charge in [0.05, 0.1) is 18.3 Å². The van der Waals surface area contributed by atoms with Crippen LogP contribution in [0.4, 0.5) is 10.1 Å². The van der Waals surface area contributed by atoms with Crippen LogP contribution >= 0.6 is 0 Å². The summed E-state index contributed by atoms with van der Waals surface area (Å²) < 4.78 is 14.8. The Morgan fingerprint density at radius 3 is 2.47 bits per heavy atom. The van der Waals surface area contributed by atoms with Gasteiger partial charge in [0.1, 0.15) is 5.82 Å². The molecule has 0 radical (unpaired) electrons. The number of rotatable bonds is 6. The van der Waals surface area contributed by atoms with Crippen molar-refractivity contribution < 1.29 is 4.39 Å². The van der Waals surface area contributed by atoms with Crippen molar-refractivity contribution in [2.45, 2.75) is 39.3 Å². The molecule has 0 aliphatic carbocycles. The Kier molecular flexibility index (Phi) is 4.55. The number of hydrogen-bond acceptors (Lipinski definition) is 2. The van der Waals surface area contributed by atoms with Gasteiger partial charge in [0, 0.05) is 11.9 Å². The van der Waals surface area contributed by atoms with Crippen LogP contribution in [0.25, 0.3) is 0 Å². The van der Waals surface area contributed by atoms with E-state index in [-0.39, 0.29) is 5.82 Å². The summed E-state index contributed by atoms with van der Waals surface area (Å²) in [6, 6.07) is 8.85. The molecule has 1 heterocycles. The number of anilines is 1. The van der Waals surface area contributed by atoms with Crippen molar-refractivity contribution >= 4 is 5.69 Å². The van der Waals surface area contributed by atoms with Crippen LogP contribution in [-0.4, -0.2) is 9.78 Å². The average molecular weight is 261 g/mol. The molecule has 3 nitrogen and oxygen atoms in total. The summed E-state index contributed by atoms with van der Waals surface area (Å²) >= 11 is 0. The lowest BCUT2D eigenvalue weighted by Gasteiger charge is -2.12. The molecular formula is C15H20FN3. The van der Waals surface area contributed by atoms with Crippen LogP contribution < -0.4 is 5.32 Å². The van der Waals surface area contributed by atoms with Gasteiger partial charge >= 0.3 is 0 Å². The second-order valence-corrected chi connectivity index (χ2v) is 4.62. The van der Waals surface area contributed by atoms with Crippen molar-refractivity contribution in [2.24, 2.45) is 0 Å². The van der Waals surface area contributed by atoms with Crippen molar-refractivity contribution in [3.05, 3.63) is 48.0 Å². The predicted molar refractivity (Wildman–Crippen MR) is 75.6 cm³/mol. The zero-order valence-corrected chi connectivity index (χ0v) is 11.4. The second-order valence-electron chi connectivity index (χ2n) is 4.62. The standard InChI is InChI=1S/C15H20FN3/c1-3-15(4-2)19-10-9-14(18-19)11-17-13-7-5-12(16)6-8-13/h5-10,15,17H,3-4,11H2,1-2H3. The first kappa shape index (κ1) is 13.6. The second kappa shape index (κ2) is 6.36. The molecular weight excluding hydrogens is 241 g/mol. The lowest BCUT2D eigenvalue weighted by Crippen LogP contribution is -2.08. The number of nitrogens with one attached hydrogen (secondary N) is 1. The normalized spacial score (nSPS) is 10.9.